The summed E-state index contributed by atoms with van der Waals surface area (Å²) < 4.78 is 0. The molecule has 0 N–H and O–H groups in total. The summed E-state index contributed by atoms with van der Waals surface area (Å²) in [5.74, 6) is 0.517. The Morgan fingerprint density at radius 3 is 2.94 bits per heavy atom. The molecule has 1 aromatic carbocycles. The summed E-state index contributed by atoms with van der Waals surface area (Å²) in [6, 6.07) is 11.0. The van der Waals surface area contributed by atoms with Gasteiger partial charge < -0.3 is 4.90 Å². The second kappa shape index (κ2) is 4.62. The minimum Gasteiger partial charge on any atom is -0.337 e. The van der Waals surface area contributed by atoms with E-state index < -0.39 is 0 Å². The van der Waals surface area contributed by atoms with Crippen molar-refractivity contribution in [1.82, 2.24) is 4.98 Å². The highest BCUT2D eigenvalue weighted by Gasteiger charge is 2.28. The van der Waals surface area contributed by atoms with Crippen LogP contribution in [-0.4, -0.2) is 11.0 Å². The molecule has 0 saturated heterocycles. The van der Waals surface area contributed by atoms with Crippen molar-refractivity contribution in [3.05, 3.63) is 53.9 Å². The van der Waals surface area contributed by atoms with E-state index >= 15 is 0 Å². The van der Waals surface area contributed by atoms with E-state index in [4.69, 9.17) is 11.6 Å². The normalized spacial score (nSPS) is 17.9. The van der Waals surface area contributed by atoms with Gasteiger partial charge in [0.1, 0.15) is 0 Å². The van der Waals surface area contributed by atoms with Crippen LogP contribution in [0.3, 0.4) is 0 Å². The first-order chi connectivity index (χ1) is 8.81. The standard InChI is InChI=1S/C15H15ClN2/c1-11-8-12-4-2-3-5-14(12)18(11)15-10-17-7-6-13(15)9-16/h2-7,10-11H,8-9H2,1H3. The minimum atomic E-state index is 0.452. The first-order valence-electron chi connectivity index (χ1n) is 6.17. The van der Waals surface area contributed by atoms with Gasteiger partial charge >= 0.3 is 0 Å². The smallest absolute Gasteiger partial charge is 0.0644 e. The summed E-state index contributed by atoms with van der Waals surface area (Å²) >= 11 is 6.03. The van der Waals surface area contributed by atoms with E-state index in [1.807, 2.05) is 12.3 Å². The molecule has 1 aliphatic rings. The second-order valence-corrected chi connectivity index (χ2v) is 4.96. The molecule has 2 heterocycles. The number of alkyl halides is 1. The Kier molecular flexibility index (Phi) is 2.96. The van der Waals surface area contributed by atoms with Gasteiger partial charge in [0.25, 0.3) is 0 Å². The Hall–Kier alpha value is -1.54. The molecule has 18 heavy (non-hydrogen) atoms. The van der Waals surface area contributed by atoms with E-state index in [0.717, 1.165) is 17.7 Å². The maximum Gasteiger partial charge on any atom is 0.0644 e. The zero-order valence-electron chi connectivity index (χ0n) is 10.3. The van der Waals surface area contributed by atoms with E-state index in [2.05, 4.69) is 41.1 Å². The molecule has 3 rings (SSSR count). The molecule has 92 valence electrons. The topological polar surface area (TPSA) is 16.1 Å². The van der Waals surface area contributed by atoms with Crippen molar-refractivity contribution in [2.75, 3.05) is 4.90 Å². The Balaban J connectivity index is 2.12. The fraction of sp³-hybridized carbons (Fsp3) is 0.267. The average Bonchev–Trinajstić information content (AvgIpc) is 2.74. The maximum atomic E-state index is 6.03. The van der Waals surface area contributed by atoms with E-state index in [9.17, 15) is 0 Å². The zero-order valence-corrected chi connectivity index (χ0v) is 11.1. The third kappa shape index (κ3) is 1.77. The van der Waals surface area contributed by atoms with Crippen molar-refractivity contribution >= 4 is 23.0 Å². The molecule has 0 aliphatic carbocycles. The van der Waals surface area contributed by atoms with Crippen LogP contribution in [0.2, 0.25) is 0 Å². The summed E-state index contributed by atoms with van der Waals surface area (Å²) in [6.07, 6.45) is 4.79. The van der Waals surface area contributed by atoms with Gasteiger partial charge in [-0.3, -0.25) is 4.98 Å². The Morgan fingerprint density at radius 1 is 1.28 bits per heavy atom. The third-order valence-corrected chi connectivity index (χ3v) is 3.79. The van der Waals surface area contributed by atoms with E-state index in [1.54, 1.807) is 6.20 Å². The monoisotopic (exact) mass is 258 g/mol. The van der Waals surface area contributed by atoms with Crippen LogP contribution >= 0.6 is 11.6 Å². The number of halogens is 1. The van der Waals surface area contributed by atoms with Crippen LogP contribution in [0.4, 0.5) is 11.4 Å². The Labute approximate surface area is 112 Å². The number of fused-ring (bicyclic) bond motifs is 1. The molecule has 1 aromatic heterocycles. The molecule has 2 nitrogen and oxygen atoms in total. The quantitative estimate of drug-likeness (QED) is 0.760. The maximum absolute atomic E-state index is 6.03. The van der Waals surface area contributed by atoms with Gasteiger partial charge in [-0.2, -0.15) is 0 Å². The number of hydrogen-bond donors (Lipinski definition) is 0. The minimum absolute atomic E-state index is 0.452. The van der Waals surface area contributed by atoms with Crippen LogP contribution in [0.1, 0.15) is 18.1 Å². The van der Waals surface area contributed by atoms with Gasteiger partial charge in [-0.1, -0.05) is 18.2 Å². The van der Waals surface area contributed by atoms with Crippen LogP contribution in [0.25, 0.3) is 0 Å². The molecular weight excluding hydrogens is 244 g/mol. The molecule has 0 radical (unpaired) electrons. The number of para-hydroxylation sites is 1. The summed E-state index contributed by atoms with van der Waals surface area (Å²) in [5.41, 5.74) is 4.94. The fourth-order valence-electron chi connectivity index (χ4n) is 2.68. The molecule has 1 unspecified atom stereocenters. The lowest BCUT2D eigenvalue weighted by molar-refractivity contribution is 0.755. The Morgan fingerprint density at radius 2 is 2.11 bits per heavy atom. The Bertz CT molecular complexity index is 568. The van der Waals surface area contributed by atoms with Gasteiger partial charge in [-0.05, 0) is 36.6 Å². The molecule has 0 bridgehead atoms. The van der Waals surface area contributed by atoms with Gasteiger partial charge in [0.05, 0.1) is 11.9 Å². The molecule has 0 spiro atoms. The highest BCUT2D eigenvalue weighted by Crippen LogP contribution is 2.39. The lowest BCUT2D eigenvalue weighted by Gasteiger charge is -2.26. The van der Waals surface area contributed by atoms with Crippen LogP contribution in [-0.2, 0) is 12.3 Å². The summed E-state index contributed by atoms with van der Waals surface area (Å²) in [4.78, 5) is 6.59. The summed E-state index contributed by atoms with van der Waals surface area (Å²) in [6.45, 7) is 2.24. The lowest BCUT2D eigenvalue weighted by Crippen LogP contribution is -2.25. The first kappa shape index (κ1) is 11.5. The second-order valence-electron chi connectivity index (χ2n) is 4.69. The van der Waals surface area contributed by atoms with E-state index in [0.29, 0.717) is 11.9 Å². The molecular formula is C15H15ClN2. The van der Waals surface area contributed by atoms with Gasteiger partial charge in [0, 0.05) is 23.8 Å². The number of hydrogen-bond acceptors (Lipinski definition) is 2. The van der Waals surface area contributed by atoms with Crippen molar-refractivity contribution in [2.24, 2.45) is 0 Å². The molecule has 1 aliphatic heterocycles. The number of aromatic nitrogens is 1. The van der Waals surface area contributed by atoms with Crippen molar-refractivity contribution in [1.29, 1.82) is 0 Å². The molecule has 3 heteroatoms. The third-order valence-electron chi connectivity index (χ3n) is 3.50. The zero-order chi connectivity index (χ0) is 12.5. The largest absolute Gasteiger partial charge is 0.337 e. The fourth-order valence-corrected chi connectivity index (χ4v) is 2.90. The predicted molar refractivity (Wildman–Crippen MR) is 75.5 cm³/mol. The summed E-state index contributed by atoms with van der Waals surface area (Å²) in [7, 11) is 0. The van der Waals surface area contributed by atoms with Gasteiger partial charge in [-0.15, -0.1) is 11.6 Å². The molecule has 0 saturated carbocycles. The number of benzene rings is 1. The van der Waals surface area contributed by atoms with Crippen molar-refractivity contribution in [3.63, 3.8) is 0 Å². The molecule has 1 atom stereocenters. The highest BCUT2D eigenvalue weighted by atomic mass is 35.5. The average molecular weight is 259 g/mol. The van der Waals surface area contributed by atoms with Crippen LogP contribution in [0.15, 0.2) is 42.7 Å². The summed E-state index contributed by atoms with van der Waals surface area (Å²) in [5, 5.41) is 0. The van der Waals surface area contributed by atoms with Crippen molar-refractivity contribution in [3.8, 4) is 0 Å². The molecule has 0 fully saturated rings. The van der Waals surface area contributed by atoms with Gasteiger partial charge in [0.15, 0.2) is 0 Å². The van der Waals surface area contributed by atoms with Crippen LogP contribution in [0.5, 0.6) is 0 Å². The molecule has 2 aromatic rings. The predicted octanol–water partition coefficient (Wildman–Crippen LogP) is 3.90. The highest BCUT2D eigenvalue weighted by molar-refractivity contribution is 6.17. The van der Waals surface area contributed by atoms with Crippen molar-refractivity contribution in [2.45, 2.75) is 25.3 Å². The lowest BCUT2D eigenvalue weighted by atomic mass is 10.1. The van der Waals surface area contributed by atoms with Crippen molar-refractivity contribution < 1.29 is 0 Å². The number of rotatable bonds is 2. The number of anilines is 2. The number of nitrogens with zero attached hydrogens (tertiary/aromatic N) is 2. The first-order valence-corrected chi connectivity index (χ1v) is 6.70. The number of pyridine rings is 1. The van der Waals surface area contributed by atoms with E-state index in [-0.39, 0.29) is 0 Å². The van der Waals surface area contributed by atoms with Crippen LogP contribution < -0.4 is 4.90 Å². The van der Waals surface area contributed by atoms with Gasteiger partial charge in [-0.25, -0.2) is 0 Å². The SMILES string of the molecule is CC1Cc2ccccc2N1c1cnccc1CCl. The van der Waals surface area contributed by atoms with E-state index in [1.165, 1.54) is 11.3 Å². The molecule has 0 amide bonds. The van der Waals surface area contributed by atoms with Gasteiger partial charge in [0.2, 0.25) is 0 Å². The van der Waals surface area contributed by atoms with Crippen LogP contribution in [0, 0.1) is 0 Å².